The Bertz CT molecular complexity index is 182. The van der Waals surface area contributed by atoms with Crippen LogP contribution < -0.4 is 0 Å². The van der Waals surface area contributed by atoms with Gasteiger partial charge >= 0.3 is 5.97 Å². The van der Waals surface area contributed by atoms with Crippen molar-refractivity contribution < 1.29 is 9.90 Å². The maximum atomic E-state index is 10.7. The fourth-order valence-corrected chi connectivity index (χ4v) is 2.00. The maximum Gasteiger partial charge on any atom is 0.307 e. The molecule has 0 aromatic heterocycles. The quantitative estimate of drug-likeness (QED) is 0.665. The SMILES string of the molecule is CCCCCCN1CCC(C(=O)O)C1. The third-order valence-corrected chi connectivity index (χ3v) is 2.95. The molecule has 1 fully saturated rings. The standard InChI is InChI=1S/C11H21NO2/c1-2-3-4-5-7-12-8-6-10(9-12)11(13)14/h10H,2-9H2,1H3,(H,13,14). The van der Waals surface area contributed by atoms with Gasteiger partial charge in [0.15, 0.2) is 0 Å². The van der Waals surface area contributed by atoms with Crippen molar-refractivity contribution in [3.8, 4) is 0 Å². The molecule has 1 aliphatic rings. The number of carboxylic acids is 1. The molecule has 0 amide bonds. The summed E-state index contributed by atoms with van der Waals surface area (Å²) in [7, 11) is 0. The highest BCUT2D eigenvalue weighted by Crippen LogP contribution is 2.16. The van der Waals surface area contributed by atoms with Crippen LogP contribution in [0.5, 0.6) is 0 Å². The van der Waals surface area contributed by atoms with Gasteiger partial charge < -0.3 is 10.0 Å². The van der Waals surface area contributed by atoms with E-state index in [1.807, 2.05) is 0 Å². The Labute approximate surface area is 86.1 Å². The number of aliphatic carboxylic acids is 1. The fraction of sp³-hybridized carbons (Fsp3) is 0.909. The van der Waals surface area contributed by atoms with Gasteiger partial charge in [0.2, 0.25) is 0 Å². The molecule has 1 unspecified atom stereocenters. The first-order valence-electron chi connectivity index (χ1n) is 5.69. The first-order valence-corrected chi connectivity index (χ1v) is 5.69. The molecule has 0 aliphatic carbocycles. The molecular formula is C11H21NO2. The van der Waals surface area contributed by atoms with Crippen molar-refractivity contribution in [2.75, 3.05) is 19.6 Å². The summed E-state index contributed by atoms with van der Waals surface area (Å²) in [6, 6.07) is 0. The van der Waals surface area contributed by atoms with Crippen molar-refractivity contribution in [3.63, 3.8) is 0 Å². The molecule has 0 spiro atoms. The Hall–Kier alpha value is -0.570. The van der Waals surface area contributed by atoms with Gasteiger partial charge in [0.05, 0.1) is 5.92 Å². The third kappa shape index (κ3) is 3.66. The Morgan fingerprint density at radius 3 is 2.79 bits per heavy atom. The average molecular weight is 199 g/mol. The van der Waals surface area contributed by atoms with E-state index in [-0.39, 0.29) is 5.92 Å². The number of rotatable bonds is 6. The predicted octanol–water partition coefficient (Wildman–Crippen LogP) is 1.97. The molecule has 1 heterocycles. The van der Waals surface area contributed by atoms with Crippen LogP contribution >= 0.6 is 0 Å². The lowest BCUT2D eigenvalue weighted by Crippen LogP contribution is -2.24. The van der Waals surface area contributed by atoms with Gasteiger partial charge in [-0.05, 0) is 25.9 Å². The van der Waals surface area contributed by atoms with E-state index >= 15 is 0 Å². The predicted molar refractivity (Wildman–Crippen MR) is 56.3 cm³/mol. The first kappa shape index (κ1) is 11.5. The Morgan fingerprint density at radius 1 is 1.43 bits per heavy atom. The van der Waals surface area contributed by atoms with Gasteiger partial charge in [0.1, 0.15) is 0 Å². The van der Waals surface area contributed by atoms with Gasteiger partial charge in [0.25, 0.3) is 0 Å². The van der Waals surface area contributed by atoms with E-state index in [0.717, 1.165) is 26.1 Å². The number of likely N-dealkylation sites (tertiary alicyclic amines) is 1. The summed E-state index contributed by atoms with van der Waals surface area (Å²) in [5, 5.41) is 8.81. The number of hydrogen-bond donors (Lipinski definition) is 1. The highest BCUT2D eigenvalue weighted by molar-refractivity contribution is 5.70. The van der Waals surface area contributed by atoms with Crippen LogP contribution in [0.2, 0.25) is 0 Å². The molecule has 0 saturated carbocycles. The summed E-state index contributed by atoms with van der Waals surface area (Å²) in [4.78, 5) is 13.0. The van der Waals surface area contributed by atoms with Gasteiger partial charge in [-0.3, -0.25) is 4.79 Å². The van der Waals surface area contributed by atoms with Gasteiger partial charge in [-0.15, -0.1) is 0 Å². The van der Waals surface area contributed by atoms with Crippen LogP contribution in [-0.4, -0.2) is 35.6 Å². The van der Waals surface area contributed by atoms with Crippen LogP contribution in [0, 0.1) is 5.92 Å². The first-order chi connectivity index (χ1) is 6.74. The second-order valence-corrected chi connectivity index (χ2v) is 4.19. The van der Waals surface area contributed by atoms with Crippen LogP contribution in [0.1, 0.15) is 39.0 Å². The lowest BCUT2D eigenvalue weighted by Gasteiger charge is -2.14. The van der Waals surface area contributed by atoms with Crippen LogP contribution in [0.15, 0.2) is 0 Å². The lowest BCUT2D eigenvalue weighted by atomic mass is 10.1. The van der Waals surface area contributed by atoms with Crippen molar-refractivity contribution >= 4 is 5.97 Å². The molecule has 14 heavy (non-hydrogen) atoms. The Morgan fingerprint density at radius 2 is 2.21 bits per heavy atom. The van der Waals surface area contributed by atoms with Crippen LogP contribution in [-0.2, 0) is 4.79 Å². The maximum absolute atomic E-state index is 10.7. The van der Waals surface area contributed by atoms with Crippen molar-refractivity contribution in [1.82, 2.24) is 4.90 Å². The summed E-state index contributed by atoms with van der Waals surface area (Å²) >= 11 is 0. The summed E-state index contributed by atoms with van der Waals surface area (Å²) in [5.41, 5.74) is 0. The van der Waals surface area contributed by atoms with Gasteiger partial charge in [-0.25, -0.2) is 0 Å². The minimum atomic E-state index is -0.624. The average Bonchev–Trinajstić information content (AvgIpc) is 2.61. The van der Waals surface area contributed by atoms with E-state index < -0.39 is 5.97 Å². The Kier molecular flexibility index (Phi) is 4.94. The normalized spacial score (nSPS) is 22.8. The number of carboxylic acid groups (broad SMARTS) is 1. The molecule has 0 radical (unpaired) electrons. The number of hydrogen-bond acceptors (Lipinski definition) is 2. The number of nitrogens with zero attached hydrogens (tertiary/aromatic N) is 1. The second-order valence-electron chi connectivity index (χ2n) is 4.19. The summed E-state index contributed by atoms with van der Waals surface area (Å²) in [5.74, 6) is -0.734. The monoisotopic (exact) mass is 199 g/mol. The molecule has 1 saturated heterocycles. The zero-order valence-electron chi connectivity index (χ0n) is 9.04. The van der Waals surface area contributed by atoms with Crippen molar-refractivity contribution in [1.29, 1.82) is 0 Å². The molecule has 1 atom stereocenters. The molecule has 0 bridgehead atoms. The molecular weight excluding hydrogens is 178 g/mol. The molecule has 0 aromatic rings. The highest BCUT2D eigenvalue weighted by atomic mass is 16.4. The summed E-state index contributed by atoms with van der Waals surface area (Å²) in [6.45, 7) is 5.03. The topological polar surface area (TPSA) is 40.5 Å². The van der Waals surface area contributed by atoms with Crippen LogP contribution in [0.3, 0.4) is 0 Å². The fourth-order valence-electron chi connectivity index (χ4n) is 2.00. The van der Waals surface area contributed by atoms with Crippen molar-refractivity contribution in [2.45, 2.75) is 39.0 Å². The molecule has 3 nitrogen and oxygen atoms in total. The van der Waals surface area contributed by atoms with E-state index in [4.69, 9.17) is 5.11 Å². The molecule has 1 aliphatic heterocycles. The summed E-state index contributed by atoms with van der Waals surface area (Å²) < 4.78 is 0. The van der Waals surface area contributed by atoms with E-state index in [1.165, 1.54) is 25.7 Å². The third-order valence-electron chi connectivity index (χ3n) is 2.95. The highest BCUT2D eigenvalue weighted by Gasteiger charge is 2.27. The van der Waals surface area contributed by atoms with E-state index in [1.54, 1.807) is 0 Å². The van der Waals surface area contributed by atoms with Crippen LogP contribution in [0.25, 0.3) is 0 Å². The zero-order valence-corrected chi connectivity index (χ0v) is 9.04. The van der Waals surface area contributed by atoms with Crippen molar-refractivity contribution in [3.05, 3.63) is 0 Å². The molecule has 3 heteroatoms. The van der Waals surface area contributed by atoms with Crippen LogP contribution in [0.4, 0.5) is 0 Å². The second kappa shape index (κ2) is 6.02. The number of unbranched alkanes of at least 4 members (excludes halogenated alkanes) is 3. The van der Waals surface area contributed by atoms with Gasteiger partial charge in [0, 0.05) is 6.54 Å². The summed E-state index contributed by atoms with van der Waals surface area (Å²) in [6.07, 6.45) is 5.90. The minimum absolute atomic E-state index is 0.110. The number of carbonyl (C=O) groups is 1. The van der Waals surface area contributed by atoms with E-state index in [2.05, 4.69) is 11.8 Å². The smallest absolute Gasteiger partial charge is 0.307 e. The van der Waals surface area contributed by atoms with Gasteiger partial charge in [-0.1, -0.05) is 26.2 Å². The minimum Gasteiger partial charge on any atom is -0.481 e. The van der Waals surface area contributed by atoms with Gasteiger partial charge in [-0.2, -0.15) is 0 Å². The molecule has 0 aromatic carbocycles. The Balaban J connectivity index is 2.07. The zero-order chi connectivity index (χ0) is 10.4. The van der Waals surface area contributed by atoms with E-state index in [9.17, 15) is 4.79 Å². The van der Waals surface area contributed by atoms with E-state index in [0.29, 0.717) is 0 Å². The largest absolute Gasteiger partial charge is 0.481 e. The molecule has 1 N–H and O–H groups in total. The molecule has 82 valence electrons. The molecule has 1 rings (SSSR count). The lowest BCUT2D eigenvalue weighted by molar-refractivity contribution is -0.141. The van der Waals surface area contributed by atoms with Crippen molar-refractivity contribution in [2.24, 2.45) is 5.92 Å².